The second-order valence-electron chi connectivity index (χ2n) is 6.03. The van der Waals surface area contributed by atoms with Crippen molar-refractivity contribution in [2.45, 2.75) is 0 Å². The molecular formula is C21H14Br2ClN3O3S. The van der Waals surface area contributed by atoms with E-state index < -0.39 is 11.8 Å². The highest BCUT2D eigenvalue weighted by atomic mass is 79.9. The minimum atomic E-state index is -0.640. The molecule has 0 radical (unpaired) electrons. The number of carbonyl (C=O) groups is 2. The van der Waals surface area contributed by atoms with Crippen molar-refractivity contribution in [2.24, 2.45) is 5.10 Å². The Balaban J connectivity index is 1.80. The van der Waals surface area contributed by atoms with E-state index in [2.05, 4.69) is 47.7 Å². The van der Waals surface area contributed by atoms with Gasteiger partial charge in [-0.2, -0.15) is 5.10 Å². The molecule has 3 aromatic rings. The third-order valence-corrected chi connectivity index (χ3v) is 6.08. The molecule has 0 aliphatic rings. The smallest absolute Gasteiger partial charge is 0.287 e. The van der Waals surface area contributed by atoms with Crippen LogP contribution in [0.1, 0.15) is 20.8 Å². The molecule has 0 saturated heterocycles. The molecule has 6 nitrogen and oxygen atoms in total. The fourth-order valence-electron chi connectivity index (χ4n) is 2.41. The third kappa shape index (κ3) is 6.27. The van der Waals surface area contributed by atoms with Crippen LogP contribution < -0.4 is 10.7 Å². The van der Waals surface area contributed by atoms with Crippen molar-refractivity contribution in [3.05, 3.63) is 89.6 Å². The summed E-state index contributed by atoms with van der Waals surface area (Å²) in [6.07, 6.45) is 2.83. The average Bonchev–Trinajstić information content (AvgIpc) is 3.24. The zero-order chi connectivity index (χ0) is 22.4. The van der Waals surface area contributed by atoms with Crippen molar-refractivity contribution < 1.29 is 14.7 Å². The monoisotopic (exact) mass is 581 g/mol. The van der Waals surface area contributed by atoms with Crippen molar-refractivity contribution in [3.63, 3.8) is 0 Å². The number of nitrogens with one attached hydrogen (secondary N) is 2. The SMILES string of the molecule is O=C(N/N=C\c1cc(Br)cc(Br)c1O)/C(=C\c1cccs1)NC(=O)c1ccccc1Cl. The maximum absolute atomic E-state index is 12.7. The fraction of sp³-hybridized carbons (Fsp3) is 0. The van der Waals surface area contributed by atoms with Gasteiger partial charge in [0.2, 0.25) is 0 Å². The van der Waals surface area contributed by atoms with Gasteiger partial charge in [-0.1, -0.05) is 45.7 Å². The summed E-state index contributed by atoms with van der Waals surface area (Å²) >= 11 is 14.0. The van der Waals surface area contributed by atoms with Crippen LogP contribution in [0.15, 0.2) is 73.7 Å². The number of rotatable bonds is 6. The number of halogens is 3. The maximum atomic E-state index is 12.7. The van der Waals surface area contributed by atoms with E-state index in [9.17, 15) is 14.7 Å². The van der Waals surface area contributed by atoms with Gasteiger partial charge in [0.25, 0.3) is 11.8 Å². The summed E-state index contributed by atoms with van der Waals surface area (Å²) in [6.45, 7) is 0. The molecule has 158 valence electrons. The molecule has 0 atom stereocenters. The molecule has 10 heteroatoms. The van der Waals surface area contributed by atoms with Crippen LogP contribution in [0.4, 0.5) is 0 Å². The summed E-state index contributed by atoms with van der Waals surface area (Å²) in [7, 11) is 0. The molecule has 0 fully saturated rings. The Labute approximate surface area is 203 Å². The largest absolute Gasteiger partial charge is 0.506 e. The minimum absolute atomic E-state index is 0.0100. The van der Waals surface area contributed by atoms with Gasteiger partial charge in [-0.25, -0.2) is 5.43 Å². The minimum Gasteiger partial charge on any atom is -0.506 e. The highest BCUT2D eigenvalue weighted by Gasteiger charge is 2.16. The van der Waals surface area contributed by atoms with Crippen LogP contribution in [0, 0.1) is 0 Å². The molecular weight excluding hydrogens is 570 g/mol. The topological polar surface area (TPSA) is 90.8 Å². The molecule has 0 aliphatic carbocycles. The Bertz CT molecular complexity index is 1180. The molecule has 0 aliphatic heterocycles. The Morgan fingerprint density at radius 2 is 1.90 bits per heavy atom. The molecule has 0 unspecified atom stereocenters. The average molecular weight is 584 g/mol. The zero-order valence-electron chi connectivity index (χ0n) is 15.6. The van der Waals surface area contributed by atoms with E-state index in [1.807, 2.05) is 11.4 Å². The molecule has 1 heterocycles. The normalized spacial score (nSPS) is 11.5. The van der Waals surface area contributed by atoms with Crippen LogP contribution in [-0.4, -0.2) is 23.1 Å². The Morgan fingerprint density at radius 1 is 1.13 bits per heavy atom. The highest BCUT2D eigenvalue weighted by molar-refractivity contribution is 9.11. The number of phenols is 1. The van der Waals surface area contributed by atoms with Crippen LogP contribution in [0.3, 0.4) is 0 Å². The number of hydrogen-bond donors (Lipinski definition) is 3. The van der Waals surface area contributed by atoms with E-state index in [-0.39, 0.29) is 22.0 Å². The summed E-state index contributed by atoms with van der Waals surface area (Å²) in [5.41, 5.74) is 2.97. The van der Waals surface area contributed by atoms with Crippen molar-refractivity contribution in [1.82, 2.24) is 10.7 Å². The standard InChI is InChI=1S/C21H14Br2ClN3O3S/c22-13-8-12(19(28)16(23)9-13)11-25-27-21(30)18(10-14-4-3-7-31-14)26-20(29)15-5-1-2-6-17(15)24/h1-11,28H,(H,26,29)(H,27,30)/b18-10+,25-11-. The van der Waals surface area contributed by atoms with Gasteiger partial charge >= 0.3 is 0 Å². The van der Waals surface area contributed by atoms with Crippen LogP contribution in [-0.2, 0) is 4.79 Å². The van der Waals surface area contributed by atoms with Gasteiger partial charge in [0.15, 0.2) is 0 Å². The lowest BCUT2D eigenvalue weighted by Crippen LogP contribution is -2.33. The van der Waals surface area contributed by atoms with Crippen LogP contribution in [0.25, 0.3) is 6.08 Å². The lowest BCUT2D eigenvalue weighted by atomic mass is 10.2. The molecule has 3 N–H and O–H groups in total. The van der Waals surface area contributed by atoms with Crippen molar-refractivity contribution in [3.8, 4) is 5.75 Å². The zero-order valence-corrected chi connectivity index (χ0v) is 20.3. The first-order chi connectivity index (χ1) is 14.8. The quantitative estimate of drug-likeness (QED) is 0.202. The van der Waals surface area contributed by atoms with Gasteiger partial charge in [-0.3, -0.25) is 9.59 Å². The van der Waals surface area contributed by atoms with Crippen LogP contribution >= 0.6 is 54.8 Å². The van der Waals surface area contributed by atoms with Gasteiger partial charge in [0.1, 0.15) is 11.4 Å². The summed E-state index contributed by atoms with van der Waals surface area (Å²) < 4.78 is 1.19. The van der Waals surface area contributed by atoms with Crippen LogP contribution in [0.2, 0.25) is 5.02 Å². The second kappa shape index (κ2) is 10.7. The third-order valence-electron chi connectivity index (χ3n) is 3.87. The summed E-state index contributed by atoms with van der Waals surface area (Å²) in [5, 5.41) is 18.7. The van der Waals surface area contributed by atoms with Gasteiger partial charge in [-0.05, 0) is 57.7 Å². The molecule has 0 saturated carbocycles. The highest BCUT2D eigenvalue weighted by Crippen LogP contribution is 2.30. The van der Waals surface area contributed by atoms with Crippen LogP contribution in [0.5, 0.6) is 5.75 Å². The lowest BCUT2D eigenvalue weighted by Gasteiger charge is -2.10. The number of carbonyl (C=O) groups excluding carboxylic acids is 2. The first-order valence-electron chi connectivity index (χ1n) is 8.67. The number of hydrazone groups is 1. The van der Waals surface area contributed by atoms with E-state index in [4.69, 9.17) is 11.6 Å². The molecule has 0 spiro atoms. The number of amides is 2. The van der Waals surface area contributed by atoms with Gasteiger partial charge in [0.05, 0.1) is 21.3 Å². The van der Waals surface area contributed by atoms with E-state index in [1.54, 1.807) is 42.5 Å². The number of nitrogens with zero attached hydrogens (tertiary/aromatic N) is 1. The Kier molecular flexibility index (Phi) is 8.03. The fourth-order valence-corrected chi connectivity index (χ4v) is 4.55. The number of benzene rings is 2. The number of thiophene rings is 1. The van der Waals surface area contributed by atoms with Crippen molar-refractivity contribution in [2.75, 3.05) is 0 Å². The van der Waals surface area contributed by atoms with Crippen molar-refractivity contribution in [1.29, 1.82) is 0 Å². The second-order valence-corrected chi connectivity index (χ2v) is 9.19. The number of phenolic OH excluding ortho intramolecular Hbond substituents is 1. The first kappa shape index (κ1) is 23.2. The number of hydrogen-bond acceptors (Lipinski definition) is 5. The molecule has 3 rings (SSSR count). The van der Waals surface area contributed by atoms with E-state index in [0.29, 0.717) is 10.0 Å². The summed E-state index contributed by atoms with van der Waals surface area (Å²) in [5.74, 6) is -1.19. The molecule has 0 bridgehead atoms. The van der Waals surface area contributed by atoms with Gasteiger partial charge in [0, 0.05) is 14.9 Å². The van der Waals surface area contributed by atoms with Gasteiger partial charge < -0.3 is 10.4 Å². The predicted molar refractivity (Wildman–Crippen MR) is 130 cm³/mol. The molecule has 1 aromatic heterocycles. The van der Waals surface area contributed by atoms with Gasteiger partial charge in [-0.15, -0.1) is 11.3 Å². The Morgan fingerprint density at radius 3 is 2.61 bits per heavy atom. The molecule has 2 amide bonds. The maximum Gasteiger partial charge on any atom is 0.287 e. The van der Waals surface area contributed by atoms with E-state index in [1.165, 1.54) is 23.6 Å². The predicted octanol–water partition coefficient (Wildman–Crippen LogP) is 5.55. The number of aromatic hydroxyl groups is 1. The van der Waals surface area contributed by atoms with Crippen molar-refractivity contribution >= 4 is 78.9 Å². The summed E-state index contributed by atoms with van der Waals surface area (Å²) in [4.78, 5) is 26.1. The molecule has 31 heavy (non-hydrogen) atoms. The van der Waals surface area contributed by atoms with E-state index >= 15 is 0 Å². The van der Waals surface area contributed by atoms with E-state index in [0.717, 1.165) is 9.35 Å². The summed E-state index contributed by atoms with van der Waals surface area (Å²) in [6, 6.07) is 13.5. The lowest BCUT2D eigenvalue weighted by molar-refractivity contribution is -0.117. The molecule has 2 aromatic carbocycles. The first-order valence-corrected chi connectivity index (χ1v) is 11.5. The Hall–Kier alpha value is -2.46.